The number of benzene rings is 3. The van der Waals surface area contributed by atoms with Crippen molar-refractivity contribution in [3.63, 3.8) is 0 Å². The quantitative estimate of drug-likeness (QED) is 0.148. The van der Waals surface area contributed by atoms with Gasteiger partial charge in [0.25, 0.3) is 10.1 Å². The lowest BCUT2D eigenvalue weighted by molar-refractivity contribution is 0.217. The van der Waals surface area contributed by atoms with Crippen molar-refractivity contribution in [3.8, 4) is 11.5 Å². The van der Waals surface area contributed by atoms with Crippen LogP contribution < -0.4 is 20.9 Å². The van der Waals surface area contributed by atoms with Gasteiger partial charge in [-0.3, -0.25) is 9.96 Å². The molecule has 3 aromatic carbocycles. The Labute approximate surface area is 175 Å². The van der Waals surface area contributed by atoms with Gasteiger partial charge in [-0.15, -0.1) is 0 Å². The van der Waals surface area contributed by atoms with E-state index in [2.05, 4.69) is 0 Å². The smallest absolute Gasteiger partial charge is 0.294 e. The van der Waals surface area contributed by atoms with Gasteiger partial charge in [0.1, 0.15) is 30.5 Å². The summed E-state index contributed by atoms with van der Waals surface area (Å²) in [6.07, 6.45) is 0. The van der Waals surface area contributed by atoms with Crippen LogP contribution in [-0.2, 0) is 10.1 Å². The summed E-state index contributed by atoms with van der Waals surface area (Å²) in [7, 11) is -4.00. The predicted octanol–water partition coefficient (Wildman–Crippen LogP) is 2.94. The summed E-state index contributed by atoms with van der Waals surface area (Å²) < 4.78 is 40.3. The Hall–Kier alpha value is -3.56. The van der Waals surface area contributed by atoms with Crippen molar-refractivity contribution in [1.29, 1.82) is 5.41 Å². The zero-order valence-electron chi connectivity index (χ0n) is 16.1. The number of nitrogens with one attached hydrogen (secondary N) is 1. The summed E-state index contributed by atoms with van der Waals surface area (Å²) in [5, 5.41) is 7.29. The van der Waals surface area contributed by atoms with Gasteiger partial charge < -0.3 is 20.9 Å². The molecule has 0 spiro atoms. The lowest BCUT2D eigenvalue weighted by Crippen LogP contribution is -2.11. The molecule has 30 heavy (non-hydrogen) atoms. The van der Waals surface area contributed by atoms with Crippen molar-refractivity contribution in [1.82, 2.24) is 0 Å². The summed E-state index contributed by atoms with van der Waals surface area (Å²) >= 11 is 0. The molecule has 0 aromatic heterocycles. The maximum atomic E-state index is 10.4. The zero-order valence-corrected chi connectivity index (χ0v) is 16.9. The molecule has 0 aliphatic carbocycles. The van der Waals surface area contributed by atoms with E-state index >= 15 is 0 Å². The van der Waals surface area contributed by atoms with Gasteiger partial charge in [0, 0.05) is 11.3 Å². The van der Waals surface area contributed by atoms with Crippen molar-refractivity contribution in [2.45, 2.75) is 4.90 Å². The molecule has 0 amide bonds. The molecule has 0 bridgehead atoms. The van der Waals surface area contributed by atoms with Crippen LogP contribution in [0.15, 0.2) is 83.8 Å². The molecule has 8 nitrogen and oxygen atoms in total. The van der Waals surface area contributed by atoms with Crippen LogP contribution in [-0.4, -0.2) is 32.0 Å². The fraction of sp³-hybridized carbons (Fsp3) is 0.0952. The Morgan fingerprint density at radius 1 is 0.833 bits per heavy atom. The molecule has 0 saturated heterocycles. The van der Waals surface area contributed by atoms with Crippen LogP contribution in [0.1, 0.15) is 5.56 Å². The number of ether oxygens (including phenoxy) is 2. The standard InChI is InChI=1S/C15H17N3O2.C6H6O3S/c16-12-3-7-14(8-4-12)20-10-9-19-13-5-1-11(2-6-13)15(17)18;7-10(8,9)6-4-2-1-3-5-6/h1-8H,9-10,16H2,(H3,17,18);1-5H,(H,7,8,9). The molecule has 0 radical (unpaired) electrons. The van der Waals surface area contributed by atoms with Crippen LogP contribution in [0.5, 0.6) is 11.5 Å². The maximum Gasteiger partial charge on any atom is 0.294 e. The molecule has 0 unspecified atom stereocenters. The Bertz CT molecular complexity index is 1040. The summed E-state index contributed by atoms with van der Waals surface area (Å²) in [5.74, 6) is 1.52. The van der Waals surface area contributed by atoms with E-state index in [1.165, 1.54) is 12.1 Å². The van der Waals surface area contributed by atoms with Crippen molar-refractivity contribution in [3.05, 3.63) is 84.4 Å². The second-order valence-corrected chi connectivity index (χ2v) is 7.41. The molecule has 0 fully saturated rings. The first-order valence-corrected chi connectivity index (χ1v) is 10.3. The number of hydrogen-bond donors (Lipinski definition) is 4. The molecule has 0 heterocycles. The van der Waals surface area contributed by atoms with E-state index in [0.29, 0.717) is 24.5 Å². The van der Waals surface area contributed by atoms with Crippen LogP contribution >= 0.6 is 0 Å². The highest BCUT2D eigenvalue weighted by Crippen LogP contribution is 2.14. The molecule has 3 rings (SSSR count). The van der Waals surface area contributed by atoms with E-state index in [4.69, 9.17) is 30.9 Å². The average molecular weight is 429 g/mol. The number of nitrogens with two attached hydrogens (primary N) is 2. The Morgan fingerprint density at radius 2 is 1.30 bits per heavy atom. The minimum Gasteiger partial charge on any atom is -0.490 e. The summed E-state index contributed by atoms with van der Waals surface area (Å²) in [6.45, 7) is 0.877. The third-order valence-electron chi connectivity index (χ3n) is 3.71. The van der Waals surface area contributed by atoms with E-state index in [9.17, 15) is 8.42 Å². The van der Waals surface area contributed by atoms with Crippen LogP contribution in [0, 0.1) is 5.41 Å². The predicted molar refractivity (Wildman–Crippen MR) is 116 cm³/mol. The third-order valence-corrected chi connectivity index (χ3v) is 4.58. The van der Waals surface area contributed by atoms with Gasteiger partial charge in [-0.05, 0) is 60.7 Å². The first kappa shape index (κ1) is 22.7. The number of hydrogen-bond acceptors (Lipinski definition) is 6. The number of anilines is 1. The van der Waals surface area contributed by atoms with Crippen molar-refractivity contribution < 1.29 is 22.4 Å². The number of nitrogen functional groups attached to an aromatic ring is 2. The minimum absolute atomic E-state index is 0.0447. The van der Waals surface area contributed by atoms with E-state index in [1.807, 2.05) is 12.1 Å². The third kappa shape index (κ3) is 7.82. The lowest BCUT2D eigenvalue weighted by Gasteiger charge is -2.09. The molecule has 0 aliphatic rings. The van der Waals surface area contributed by atoms with Gasteiger partial charge in [-0.1, -0.05) is 18.2 Å². The van der Waals surface area contributed by atoms with E-state index in [0.717, 1.165) is 11.5 Å². The van der Waals surface area contributed by atoms with E-state index < -0.39 is 10.1 Å². The normalized spacial score (nSPS) is 10.4. The van der Waals surface area contributed by atoms with Crippen LogP contribution in [0.4, 0.5) is 5.69 Å². The van der Waals surface area contributed by atoms with Crippen molar-refractivity contribution >= 4 is 21.6 Å². The number of amidine groups is 1. The van der Waals surface area contributed by atoms with Gasteiger partial charge in [-0.2, -0.15) is 8.42 Å². The first-order valence-electron chi connectivity index (χ1n) is 8.84. The van der Waals surface area contributed by atoms with E-state index in [1.54, 1.807) is 54.6 Å². The summed E-state index contributed by atoms with van der Waals surface area (Å²) in [4.78, 5) is -0.0741. The van der Waals surface area contributed by atoms with Crippen molar-refractivity contribution in [2.24, 2.45) is 5.73 Å². The molecule has 6 N–H and O–H groups in total. The molecular weight excluding hydrogens is 406 g/mol. The highest BCUT2D eigenvalue weighted by Gasteiger charge is 2.05. The number of rotatable bonds is 7. The topological polar surface area (TPSA) is 149 Å². The highest BCUT2D eigenvalue weighted by atomic mass is 32.2. The molecule has 0 atom stereocenters. The van der Waals surface area contributed by atoms with Crippen LogP contribution in [0.25, 0.3) is 0 Å². The minimum atomic E-state index is -4.00. The summed E-state index contributed by atoms with van der Waals surface area (Å²) in [6, 6.07) is 21.7. The van der Waals surface area contributed by atoms with Gasteiger partial charge in [-0.25, -0.2) is 0 Å². The van der Waals surface area contributed by atoms with Crippen LogP contribution in [0.2, 0.25) is 0 Å². The lowest BCUT2D eigenvalue weighted by atomic mass is 10.2. The molecule has 0 saturated carbocycles. The Balaban J connectivity index is 0.000000269. The van der Waals surface area contributed by atoms with Gasteiger partial charge >= 0.3 is 0 Å². The fourth-order valence-electron chi connectivity index (χ4n) is 2.21. The monoisotopic (exact) mass is 429 g/mol. The largest absolute Gasteiger partial charge is 0.490 e. The van der Waals surface area contributed by atoms with Crippen LogP contribution in [0.3, 0.4) is 0 Å². The molecule has 158 valence electrons. The Kier molecular flexibility index (Phi) is 8.21. The summed E-state index contributed by atoms with van der Waals surface area (Å²) in [5.41, 5.74) is 12.3. The second-order valence-electron chi connectivity index (χ2n) is 5.99. The Morgan fingerprint density at radius 3 is 1.70 bits per heavy atom. The molecule has 0 aliphatic heterocycles. The fourth-order valence-corrected chi connectivity index (χ4v) is 2.71. The van der Waals surface area contributed by atoms with Gasteiger partial charge in [0.2, 0.25) is 0 Å². The van der Waals surface area contributed by atoms with Gasteiger partial charge in [0.05, 0.1) is 4.90 Å². The second kappa shape index (κ2) is 10.8. The SMILES string of the molecule is N=C(N)c1ccc(OCCOc2ccc(N)cc2)cc1.O=S(=O)(O)c1ccccc1. The van der Waals surface area contributed by atoms with E-state index in [-0.39, 0.29) is 10.7 Å². The maximum absolute atomic E-state index is 10.4. The zero-order chi connectivity index (χ0) is 22.0. The van der Waals surface area contributed by atoms with Crippen molar-refractivity contribution in [2.75, 3.05) is 18.9 Å². The molecular formula is C21H23N3O5S. The first-order chi connectivity index (χ1) is 14.3. The average Bonchev–Trinajstić information content (AvgIpc) is 2.73. The van der Waals surface area contributed by atoms with Gasteiger partial charge in [0.15, 0.2) is 0 Å². The highest BCUT2D eigenvalue weighted by molar-refractivity contribution is 7.85. The molecule has 3 aromatic rings. The molecule has 9 heteroatoms.